The number of hydrogen-bond donors (Lipinski definition) is 1. The molecule has 48 valence electrons. The van der Waals surface area contributed by atoms with Gasteiger partial charge in [-0.05, 0) is 13.5 Å². The Morgan fingerprint density at radius 3 is 2.38 bits per heavy atom. The molecule has 0 saturated carbocycles. The van der Waals surface area contributed by atoms with Gasteiger partial charge in [0.15, 0.2) is 0 Å². The van der Waals surface area contributed by atoms with Crippen LogP contribution in [-0.2, 0) is 0 Å². The molecule has 0 saturated heterocycles. The summed E-state index contributed by atoms with van der Waals surface area (Å²) in [6.45, 7) is 3.13. The van der Waals surface area contributed by atoms with Crippen molar-refractivity contribution in [3.8, 4) is 0 Å². The molecule has 2 N–H and O–H groups in total. The van der Waals surface area contributed by atoms with Crippen LogP contribution in [0, 0.1) is 0 Å². The molecule has 0 fully saturated rings. The van der Waals surface area contributed by atoms with E-state index in [-0.39, 0.29) is 0 Å². The monoisotopic (exact) mass is 132 g/mol. The van der Waals surface area contributed by atoms with E-state index in [1.807, 2.05) is 11.9 Å². The minimum Gasteiger partial charge on any atom is -0.290 e. The molecular formula is C5H13N2P. The topological polar surface area (TPSA) is 29.3 Å². The first-order valence-corrected chi connectivity index (χ1v) is 3.23. The first kappa shape index (κ1) is 8.09. The fourth-order valence-corrected chi connectivity index (χ4v) is 0.568. The van der Waals surface area contributed by atoms with Gasteiger partial charge in [0.2, 0.25) is 0 Å². The highest BCUT2D eigenvalue weighted by atomic mass is 31.0. The maximum absolute atomic E-state index is 5.38. The Kier molecular flexibility index (Phi) is 4.06. The van der Waals surface area contributed by atoms with Crippen LogP contribution in [-0.4, -0.2) is 24.0 Å². The molecule has 0 rings (SSSR count). The largest absolute Gasteiger partial charge is 0.290 e. The lowest BCUT2D eigenvalue weighted by Crippen LogP contribution is -2.31. The summed E-state index contributed by atoms with van der Waals surface area (Å²) >= 11 is 0. The minimum absolute atomic E-state index is 0.701. The molecule has 0 bridgehead atoms. The molecule has 8 heavy (non-hydrogen) atoms. The van der Waals surface area contributed by atoms with Crippen LogP contribution in [0.4, 0.5) is 0 Å². The van der Waals surface area contributed by atoms with Crippen molar-refractivity contribution in [2.75, 3.05) is 13.6 Å². The van der Waals surface area contributed by atoms with E-state index in [4.69, 9.17) is 5.73 Å². The second kappa shape index (κ2) is 4.02. The second-order valence-electron chi connectivity index (χ2n) is 1.81. The molecule has 0 aromatic carbocycles. The van der Waals surface area contributed by atoms with E-state index in [9.17, 15) is 0 Å². The van der Waals surface area contributed by atoms with Crippen LogP contribution in [0.2, 0.25) is 0 Å². The van der Waals surface area contributed by atoms with Gasteiger partial charge in [0.25, 0.3) is 0 Å². The Hall–Kier alpha value is 0.0900. The maximum atomic E-state index is 5.38. The lowest BCUT2D eigenvalue weighted by atomic mass is 10.5. The van der Waals surface area contributed by atoms with Crippen LogP contribution in [0.15, 0.2) is 0 Å². The molecule has 0 aliphatic rings. The molecule has 3 heteroatoms. The second-order valence-corrected chi connectivity index (χ2v) is 2.32. The van der Waals surface area contributed by atoms with E-state index in [1.165, 1.54) is 0 Å². The smallest absolute Gasteiger partial charge is 0.0774 e. The molecule has 0 amide bonds. The molecule has 2 nitrogen and oxygen atoms in total. The first-order valence-electron chi connectivity index (χ1n) is 2.73. The third-order valence-corrected chi connectivity index (χ3v) is 1.35. The van der Waals surface area contributed by atoms with Crippen molar-refractivity contribution < 1.29 is 0 Å². The van der Waals surface area contributed by atoms with Crippen molar-refractivity contribution in [1.29, 1.82) is 0 Å². The first-order chi connectivity index (χ1) is 3.68. The van der Waals surface area contributed by atoms with Crippen molar-refractivity contribution in [3.05, 3.63) is 0 Å². The highest BCUT2D eigenvalue weighted by Crippen LogP contribution is 1.84. The summed E-state index contributed by atoms with van der Waals surface area (Å²) in [7, 11) is 5.16. The predicted molar refractivity (Wildman–Crippen MR) is 40.4 cm³/mol. The predicted octanol–water partition coefficient (Wildman–Crippen LogP) is 0.517. The van der Waals surface area contributed by atoms with Crippen LogP contribution in [0.1, 0.15) is 13.3 Å². The SMILES string of the molecule is CCCN(C)C(N)=P. The van der Waals surface area contributed by atoms with Gasteiger partial charge in [-0.15, -0.1) is 0 Å². The van der Waals surface area contributed by atoms with E-state index < -0.39 is 0 Å². The van der Waals surface area contributed by atoms with E-state index in [2.05, 4.69) is 15.8 Å². The summed E-state index contributed by atoms with van der Waals surface area (Å²) in [5.74, 6) is 0. The van der Waals surface area contributed by atoms with Gasteiger partial charge >= 0.3 is 0 Å². The summed E-state index contributed by atoms with van der Waals surface area (Å²) in [5.41, 5.74) is 6.08. The number of hydrogen-bond acceptors (Lipinski definition) is 0. The molecule has 0 spiro atoms. The lowest BCUT2D eigenvalue weighted by molar-refractivity contribution is 0.504. The normalized spacial score (nSPS) is 10.0. The minimum atomic E-state index is 0.701. The van der Waals surface area contributed by atoms with E-state index in [0.29, 0.717) is 5.54 Å². The van der Waals surface area contributed by atoms with Gasteiger partial charge in [-0.25, -0.2) is 0 Å². The van der Waals surface area contributed by atoms with Crippen molar-refractivity contribution in [3.63, 3.8) is 0 Å². The average molecular weight is 132 g/mol. The van der Waals surface area contributed by atoms with Crippen molar-refractivity contribution in [2.45, 2.75) is 13.3 Å². The molecular weight excluding hydrogens is 119 g/mol. The van der Waals surface area contributed by atoms with Crippen LogP contribution in [0.5, 0.6) is 0 Å². The lowest BCUT2D eigenvalue weighted by Gasteiger charge is -2.12. The van der Waals surface area contributed by atoms with Gasteiger partial charge in [0.1, 0.15) is 0 Å². The summed E-state index contributed by atoms with van der Waals surface area (Å²) in [6.07, 6.45) is 1.13. The number of nitrogens with zero attached hydrogens (tertiary/aromatic N) is 1. The molecule has 0 unspecified atom stereocenters. The quantitative estimate of drug-likeness (QED) is 0.567. The van der Waals surface area contributed by atoms with Crippen molar-refractivity contribution in [2.24, 2.45) is 5.73 Å². The van der Waals surface area contributed by atoms with E-state index in [1.54, 1.807) is 0 Å². The van der Waals surface area contributed by atoms with Gasteiger partial charge < -0.3 is 0 Å². The standard InChI is InChI=1S/C5H13N2P/c1-3-4-7(2)5(6)8/h8H,3-4,6H2,1-2H3. The number of nitrogens with two attached hydrogens (primary N) is 1. The molecule has 0 aromatic heterocycles. The molecule has 0 radical (unpaired) electrons. The molecule has 0 aliphatic heterocycles. The van der Waals surface area contributed by atoms with Gasteiger partial charge in [0, 0.05) is 6.54 Å². The Bertz CT molecular complexity index is 82.5. The number of rotatable bonds is 3. The van der Waals surface area contributed by atoms with Crippen LogP contribution >= 0.6 is 8.86 Å². The zero-order valence-electron chi connectivity index (χ0n) is 5.44. The fraction of sp³-hybridized carbons (Fsp3) is 0.800. The van der Waals surface area contributed by atoms with Gasteiger partial charge in [0.05, 0.1) is 5.54 Å². The summed E-state index contributed by atoms with van der Waals surface area (Å²) in [5, 5.41) is 0. The fourth-order valence-electron chi connectivity index (χ4n) is 0.456. The summed E-state index contributed by atoms with van der Waals surface area (Å²) < 4.78 is 0. The molecule has 0 aliphatic carbocycles. The zero-order chi connectivity index (χ0) is 6.57. The van der Waals surface area contributed by atoms with Crippen LogP contribution in [0.25, 0.3) is 0 Å². The molecule has 0 atom stereocenters. The van der Waals surface area contributed by atoms with Gasteiger partial charge in [-0.2, -0.15) is 0 Å². The van der Waals surface area contributed by atoms with Crippen molar-refractivity contribution in [1.82, 2.24) is 4.90 Å². The molecule has 0 heterocycles. The average Bonchev–Trinajstić information content (AvgIpc) is 1.67. The zero-order valence-corrected chi connectivity index (χ0v) is 6.44. The summed E-state index contributed by atoms with van der Waals surface area (Å²) in [4.78, 5) is 1.96. The Morgan fingerprint density at radius 1 is 1.75 bits per heavy atom. The van der Waals surface area contributed by atoms with E-state index in [0.717, 1.165) is 13.0 Å². The van der Waals surface area contributed by atoms with Crippen LogP contribution < -0.4 is 5.73 Å². The maximum Gasteiger partial charge on any atom is 0.0774 e. The van der Waals surface area contributed by atoms with Gasteiger partial charge in [-0.3, -0.25) is 10.6 Å². The highest BCUT2D eigenvalue weighted by molar-refractivity contribution is 7.20. The van der Waals surface area contributed by atoms with Gasteiger partial charge in [-0.1, -0.05) is 15.8 Å². The third kappa shape index (κ3) is 3.14. The Labute approximate surface area is 52.9 Å². The summed E-state index contributed by atoms with van der Waals surface area (Å²) in [6, 6.07) is 0. The van der Waals surface area contributed by atoms with E-state index >= 15 is 0 Å². The van der Waals surface area contributed by atoms with Crippen molar-refractivity contribution >= 4 is 14.4 Å². The van der Waals surface area contributed by atoms with Crippen LogP contribution in [0.3, 0.4) is 0 Å². The third-order valence-electron chi connectivity index (χ3n) is 0.970. The molecule has 0 aromatic rings. The highest BCUT2D eigenvalue weighted by Gasteiger charge is 1.93. The Balaban J connectivity index is 3.32. The Morgan fingerprint density at radius 2 is 2.25 bits per heavy atom.